The molecule has 2 atom stereocenters. The van der Waals surface area contributed by atoms with Crippen LogP contribution in [0.15, 0.2) is 0 Å². The van der Waals surface area contributed by atoms with Gasteiger partial charge < -0.3 is 19.5 Å². The van der Waals surface area contributed by atoms with Gasteiger partial charge in [-0.1, -0.05) is 6.42 Å². The highest BCUT2D eigenvalue weighted by Gasteiger charge is 2.55. The lowest BCUT2D eigenvalue weighted by atomic mass is 9.81. The first-order valence-corrected chi connectivity index (χ1v) is 6.68. The molecule has 6 heteroatoms. The number of fused-ring (bicyclic) bond motifs is 1. The fourth-order valence-corrected chi connectivity index (χ4v) is 3.22. The molecule has 108 valence electrons. The van der Waals surface area contributed by atoms with E-state index in [2.05, 4.69) is 0 Å². The number of methoxy groups -OCH3 is 1. The Bertz CT molecular complexity index is 359. The Labute approximate surface area is 112 Å². The zero-order chi connectivity index (χ0) is 13.9. The molecule has 0 aromatic heterocycles. The number of carbonyl (C=O) groups excluding carboxylic acids is 1. The lowest BCUT2D eigenvalue weighted by Gasteiger charge is -2.23. The van der Waals surface area contributed by atoms with Crippen LogP contribution in [-0.4, -0.2) is 61.9 Å². The third-order valence-corrected chi connectivity index (χ3v) is 4.31. The van der Waals surface area contributed by atoms with Crippen LogP contribution in [0.4, 0.5) is 0 Å². The largest absolute Gasteiger partial charge is 0.481 e. The maximum Gasteiger partial charge on any atom is 0.311 e. The van der Waals surface area contributed by atoms with Crippen LogP contribution in [0, 0.1) is 11.3 Å². The molecule has 0 bridgehead atoms. The average Bonchev–Trinajstić information content (AvgIpc) is 2.91. The lowest BCUT2D eigenvalue weighted by Crippen LogP contribution is -2.38. The number of carboxylic acids is 1. The van der Waals surface area contributed by atoms with Crippen molar-refractivity contribution in [1.82, 2.24) is 4.90 Å². The van der Waals surface area contributed by atoms with Gasteiger partial charge in [-0.2, -0.15) is 0 Å². The first-order valence-electron chi connectivity index (χ1n) is 6.68. The minimum Gasteiger partial charge on any atom is -0.481 e. The second-order valence-electron chi connectivity index (χ2n) is 5.37. The van der Waals surface area contributed by atoms with Crippen LogP contribution in [-0.2, 0) is 19.1 Å². The zero-order valence-corrected chi connectivity index (χ0v) is 11.3. The van der Waals surface area contributed by atoms with Crippen molar-refractivity contribution in [2.75, 3.05) is 40.0 Å². The van der Waals surface area contributed by atoms with Gasteiger partial charge in [-0.15, -0.1) is 0 Å². The molecule has 0 unspecified atom stereocenters. The molecule has 0 radical (unpaired) electrons. The van der Waals surface area contributed by atoms with E-state index in [9.17, 15) is 14.7 Å². The molecule has 6 nitrogen and oxygen atoms in total. The van der Waals surface area contributed by atoms with Gasteiger partial charge in [0.15, 0.2) is 0 Å². The van der Waals surface area contributed by atoms with Crippen molar-refractivity contribution in [2.24, 2.45) is 11.3 Å². The number of nitrogens with zero attached hydrogens (tertiary/aromatic N) is 1. The number of hydrogen-bond donors (Lipinski definition) is 1. The highest BCUT2D eigenvalue weighted by atomic mass is 16.5. The molecule has 2 rings (SSSR count). The van der Waals surface area contributed by atoms with Crippen molar-refractivity contribution >= 4 is 11.9 Å². The fraction of sp³-hybridized carbons (Fsp3) is 0.846. The van der Waals surface area contributed by atoms with Gasteiger partial charge in [0.05, 0.1) is 18.6 Å². The summed E-state index contributed by atoms with van der Waals surface area (Å²) in [7, 11) is 1.57. The van der Waals surface area contributed by atoms with E-state index in [1.807, 2.05) is 0 Å². The molecule has 0 spiro atoms. The molecule has 1 N–H and O–H groups in total. The summed E-state index contributed by atoms with van der Waals surface area (Å²) < 4.78 is 10.0. The van der Waals surface area contributed by atoms with Gasteiger partial charge >= 0.3 is 5.97 Å². The highest BCUT2D eigenvalue weighted by molar-refractivity contribution is 5.82. The second kappa shape index (κ2) is 5.88. The molecule has 2 fully saturated rings. The van der Waals surface area contributed by atoms with E-state index in [-0.39, 0.29) is 18.4 Å². The van der Waals surface area contributed by atoms with Crippen molar-refractivity contribution in [2.45, 2.75) is 19.3 Å². The van der Waals surface area contributed by atoms with Crippen molar-refractivity contribution < 1.29 is 24.2 Å². The van der Waals surface area contributed by atoms with Gasteiger partial charge in [-0.3, -0.25) is 9.59 Å². The Hall–Kier alpha value is -1.14. The van der Waals surface area contributed by atoms with Gasteiger partial charge in [-0.05, 0) is 18.8 Å². The molecule has 1 heterocycles. The summed E-state index contributed by atoms with van der Waals surface area (Å²) >= 11 is 0. The monoisotopic (exact) mass is 271 g/mol. The minimum absolute atomic E-state index is 0.00573. The van der Waals surface area contributed by atoms with Crippen molar-refractivity contribution in [3.05, 3.63) is 0 Å². The number of amides is 1. The Balaban J connectivity index is 1.87. The number of carboxylic acid groups (broad SMARTS) is 1. The Morgan fingerprint density at radius 3 is 2.84 bits per heavy atom. The maximum absolute atomic E-state index is 12.0. The van der Waals surface area contributed by atoms with Crippen LogP contribution in [0.5, 0.6) is 0 Å². The summed E-state index contributed by atoms with van der Waals surface area (Å²) in [5.74, 6) is -0.773. The van der Waals surface area contributed by atoms with E-state index in [0.29, 0.717) is 32.7 Å². The molecule has 2 aliphatic rings. The predicted octanol–water partition coefficient (Wildman–Crippen LogP) is 0.363. The van der Waals surface area contributed by atoms with Gasteiger partial charge in [-0.25, -0.2) is 0 Å². The molecule has 1 amide bonds. The number of ether oxygens (including phenoxy) is 2. The van der Waals surface area contributed by atoms with Gasteiger partial charge in [0.2, 0.25) is 5.91 Å². The molecular weight excluding hydrogens is 250 g/mol. The standard InChI is InChI=1S/C13H21NO5/c1-18-5-6-19-8-11(15)14-7-10-3-2-4-13(10,9-14)12(16)17/h10H,2-9H2,1H3,(H,16,17)/t10-,13+/m0/s1. The summed E-state index contributed by atoms with van der Waals surface area (Å²) in [5, 5.41) is 9.43. The van der Waals surface area contributed by atoms with Crippen LogP contribution >= 0.6 is 0 Å². The molecule has 1 aliphatic heterocycles. The molecular formula is C13H21NO5. The molecule has 0 aromatic carbocycles. The molecule has 1 saturated heterocycles. The van der Waals surface area contributed by atoms with E-state index in [0.717, 1.165) is 12.8 Å². The Kier molecular flexibility index (Phi) is 4.42. The number of carbonyl (C=O) groups is 2. The predicted molar refractivity (Wildman–Crippen MR) is 66.7 cm³/mol. The van der Waals surface area contributed by atoms with Crippen LogP contribution in [0.2, 0.25) is 0 Å². The van der Waals surface area contributed by atoms with Crippen molar-refractivity contribution in [1.29, 1.82) is 0 Å². The number of hydrogen-bond acceptors (Lipinski definition) is 4. The lowest BCUT2D eigenvalue weighted by molar-refractivity contribution is -0.149. The third kappa shape index (κ3) is 2.74. The molecule has 0 aromatic rings. The fourth-order valence-electron chi connectivity index (χ4n) is 3.22. The van der Waals surface area contributed by atoms with Gasteiger partial charge in [0.25, 0.3) is 0 Å². The Morgan fingerprint density at radius 2 is 2.21 bits per heavy atom. The highest BCUT2D eigenvalue weighted by Crippen LogP contribution is 2.48. The topological polar surface area (TPSA) is 76.1 Å². The maximum atomic E-state index is 12.0. The van der Waals surface area contributed by atoms with Crippen LogP contribution in [0.1, 0.15) is 19.3 Å². The van der Waals surface area contributed by atoms with Crippen molar-refractivity contribution in [3.63, 3.8) is 0 Å². The van der Waals surface area contributed by atoms with Crippen LogP contribution in [0.25, 0.3) is 0 Å². The third-order valence-electron chi connectivity index (χ3n) is 4.31. The van der Waals surface area contributed by atoms with E-state index in [4.69, 9.17) is 9.47 Å². The number of aliphatic carboxylic acids is 1. The average molecular weight is 271 g/mol. The van der Waals surface area contributed by atoms with E-state index >= 15 is 0 Å². The summed E-state index contributed by atoms with van der Waals surface area (Å²) in [6.07, 6.45) is 2.53. The molecule has 1 aliphatic carbocycles. The summed E-state index contributed by atoms with van der Waals surface area (Å²) in [4.78, 5) is 25.1. The van der Waals surface area contributed by atoms with Gasteiger partial charge in [0, 0.05) is 20.2 Å². The summed E-state index contributed by atoms with van der Waals surface area (Å²) in [6, 6.07) is 0. The first-order chi connectivity index (χ1) is 9.10. The number of rotatable bonds is 6. The summed E-state index contributed by atoms with van der Waals surface area (Å²) in [5.41, 5.74) is -0.706. The van der Waals surface area contributed by atoms with E-state index < -0.39 is 11.4 Å². The van der Waals surface area contributed by atoms with Crippen LogP contribution in [0.3, 0.4) is 0 Å². The van der Waals surface area contributed by atoms with Crippen LogP contribution < -0.4 is 0 Å². The quantitative estimate of drug-likeness (QED) is 0.706. The molecule has 19 heavy (non-hydrogen) atoms. The Morgan fingerprint density at radius 1 is 1.42 bits per heavy atom. The van der Waals surface area contributed by atoms with E-state index in [1.165, 1.54) is 0 Å². The van der Waals surface area contributed by atoms with Crippen molar-refractivity contribution in [3.8, 4) is 0 Å². The second-order valence-corrected chi connectivity index (χ2v) is 5.37. The first kappa shape index (κ1) is 14.3. The van der Waals surface area contributed by atoms with E-state index in [1.54, 1.807) is 12.0 Å². The molecule has 1 saturated carbocycles. The minimum atomic E-state index is -0.759. The summed E-state index contributed by atoms with van der Waals surface area (Å²) in [6.45, 7) is 1.72. The SMILES string of the molecule is COCCOCC(=O)N1C[C@@H]2CCC[C@@]2(C(=O)O)C1. The normalized spacial score (nSPS) is 29.5. The van der Waals surface area contributed by atoms with Gasteiger partial charge in [0.1, 0.15) is 6.61 Å². The zero-order valence-electron chi connectivity index (χ0n) is 11.3. The smallest absolute Gasteiger partial charge is 0.311 e. The number of likely N-dealkylation sites (tertiary alicyclic amines) is 1.